The summed E-state index contributed by atoms with van der Waals surface area (Å²) in [5.74, 6) is -0.526. The van der Waals surface area contributed by atoms with E-state index in [9.17, 15) is 14.9 Å². The second-order valence-corrected chi connectivity index (χ2v) is 7.94. The number of ether oxygens (including phenoxy) is 2. The van der Waals surface area contributed by atoms with Crippen LogP contribution in [0.1, 0.15) is 12.5 Å². The van der Waals surface area contributed by atoms with Gasteiger partial charge in [-0.05, 0) is 67.1 Å². The molecule has 3 aromatic carbocycles. The standard InChI is InChI=1S/C26H21Cl2N3O4/c1-2-34-23-14-17(12-18(15-29)26(33)31-20-6-4-3-5-7-20)13-22(28)25(23)35-16-24(32)30-21-10-8-19(27)9-11-21/h3-14H,2,16H2,1H3,(H,30,32)(H,31,33)/b18-12+. The third kappa shape index (κ3) is 7.51. The number of benzene rings is 3. The molecule has 0 aliphatic rings. The average molecular weight is 510 g/mol. The summed E-state index contributed by atoms with van der Waals surface area (Å²) in [7, 11) is 0. The van der Waals surface area contributed by atoms with Crippen LogP contribution in [0.5, 0.6) is 11.5 Å². The van der Waals surface area contributed by atoms with Crippen LogP contribution < -0.4 is 20.1 Å². The molecule has 0 bridgehead atoms. The molecule has 0 heterocycles. The zero-order chi connectivity index (χ0) is 25.2. The van der Waals surface area contributed by atoms with E-state index in [1.807, 2.05) is 12.1 Å². The molecule has 0 saturated heterocycles. The van der Waals surface area contributed by atoms with Crippen molar-refractivity contribution in [2.75, 3.05) is 23.8 Å². The summed E-state index contributed by atoms with van der Waals surface area (Å²) < 4.78 is 11.3. The number of amides is 2. The maximum Gasteiger partial charge on any atom is 0.266 e. The molecule has 9 heteroatoms. The highest BCUT2D eigenvalue weighted by atomic mass is 35.5. The molecule has 0 spiro atoms. The van der Waals surface area contributed by atoms with Crippen molar-refractivity contribution in [1.29, 1.82) is 5.26 Å². The van der Waals surface area contributed by atoms with E-state index < -0.39 is 11.8 Å². The Morgan fingerprint density at radius 2 is 1.66 bits per heavy atom. The Balaban J connectivity index is 1.76. The Bertz CT molecular complexity index is 1270. The fourth-order valence-electron chi connectivity index (χ4n) is 2.98. The summed E-state index contributed by atoms with van der Waals surface area (Å²) >= 11 is 12.3. The van der Waals surface area contributed by atoms with Crippen molar-refractivity contribution >= 4 is 52.5 Å². The SMILES string of the molecule is CCOc1cc(/C=C(\C#N)C(=O)Nc2ccccc2)cc(Cl)c1OCC(=O)Nc1ccc(Cl)cc1. The van der Waals surface area contributed by atoms with Gasteiger partial charge in [-0.1, -0.05) is 41.4 Å². The van der Waals surface area contributed by atoms with Gasteiger partial charge >= 0.3 is 0 Å². The molecule has 0 unspecified atom stereocenters. The molecule has 2 amide bonds. The number of nitriles is 1. The number of anilines is 2. The van der Waals surface area contributed by atoms with Crippen molar-refractivity contribution < 1.29 is 19.1 Å². The molecule has 0 radical (unpaired) electrons. The number of nitrogens with one attached hydrogen (secondary N) is 2. The number of carbonyl (C=O) groups is 2. The highest BCUT2D eigenvalue weighted by molar-refractivity contribution is 6.32. The van der Waals surface area contributed by atoms with Crippen molar-refractivity contribution in [1.82, 2.24) is 0 Å². The van der Waals surface area contributed by atoms with E-state index in [0.29, 0.717) is 28.6 Å². The van der Waals surface area contributed by atoms with Crippen LogP contribution >= 0.6 is 23.2 Å². The van der Waals surface area contributed by atoms with Crippen molar-refractivity contribution in [3.8, 4) is 17.6 Å². The lowest BCUT2D eigenvalue weighted by Crippen LogP contribution is -2.20. The highest BCUT2D eigenvalue weighted by Gasteiger charge is 2.16. The van der Waals surface area contributed by atoms with Gasteiger partial charge in [0, 0.05) is 16.4 Å². The fourth-order valence-corrected chi connectivity index (χ4v) is 3.38. The van der Waals surface area contributed by atoms with Crippen LogP contribution in [0.15, 0.2) is 72.3 Å². The highest BCUT2D eigenvalue weighted by Crippen LogP contribution is 2.37. The summed E-state index contributed by atoms with van der Waals surface area (Å²) in [4.78, 5) is 24.8. The van der Waals surface area contributed by atoms with E-state index in [1.54, 1.807) is 61.5 Å². The van der Waals surface area contributed by atoms with Gasteiger partial charge in [-0.3, -0.25) is 9.59 Å². The van der Waals surface area contributed by atoms with Gasteiger partial charge in [-0.25, -0.2) is 0 Å². The maximum absolute atomic E-state index is 12.5. The Hall–Kier alpha value is -3.99. The van der Waals surface area contributed by atoms with Crippen LogP contribution in [0.2, 0.25) is 10.0 Å². The molecule has 0 aliphatic heterocycles. The second-order valence-electron chi connectivity index (χ2n) is 7.10. The zero-order valence-corrected chi connectivity index (χ0v) is 20.2. The van der Waals surface area contributed by atoms with Crippen molar-refractivity contribution in [2.24, 2.45) is 0 Å². The van der Waals surface area contributed by atoms with Crippen LogP contribution in [-0.4, -0.2) is 25.0 Å². The lowest BCUT2D eigenvalue weighted by atomic mass is 10.1. The van der Waals surface area contributed by atoms with Gasteiger partial charge in [0.25, 0.3) is 11.8 Å². The van der Waals surface area contributed by atoms with Gasteiger partial charge in [0.1, 0.15) is 11.6 Å². The molecule has 0 aliphatic carbocycles. The lowest BCUT2D eigenvalue weighted by molar-refractivity contribution is -0.118. The molecule has 3 aromatic rings. The second kappa shape index (κ2) is 12.5. The molecular formula is C26H21Cl2N3O4. The number of hydrogen-bond donors (Lipinski definition) is 2. The molecule has 0 atom stereocenters. The lowest BCUT2D eigenvalue weighted by Gasteiger charge is -2.14. The largest absolute Gasteiger partial charge is 0.490 e. The van der Waals surface area contributed by atoms with Crippen molar-refractivity contribution in [2.45, 2.75) is 6.92 Å². The minimum absolute atomic E-state index is 0.122. The molecule has 178 valence electrons. The number of rotatable bonds is 9. The van der Waals surface area contributed by atoms with E-state index in [1.165, 1.54) is 12.1 Å². The van der Waals surface area contributed by atoms with E-state index in [-0.39, 0.29) is 28.7 Å². The predicted octanol–water partition coefficient (Wildman–Crippen LogP) is 5.96. The Morgan fingerprint density at radius 3 is 2.31 bits per heavy atom. The van der Waals surface area contributed by atoms with Gasteiger partial charge < -0.3 is 20.1 Å². The molecular weight excluding hydrogens is 489 g/mol. The number of nitrogens with zero attached hydrogens (tertiary/aromatic N) is 1. The van der Waals surface area contributed by atoms with Gasteiger partial charge in [-0.2, -0.15) is 5.26 Å². The zero-order valence-electron chi connectivity index (χ0n) is 18.7. The molecule has 7 nitrogen and oxygen atoms in total. The minimum atomic E-state index is -0.563. The monoisotopic (exact) mass is 509 g/mol. The third-order valence-corrected chi connectivity index (χ3v) is 5.05. The van der Waals surface area contributed by atoms with E-state index in [0.717, 1.165) is 0 Å². The molecule has 0 aromatic heterocycles. The van der Waals surface area contributed by atoms with Gasteiger partial charge in [-0.15, -0.1) is 0 Å². The number of carbonyl (C=O) groups excluding carboxylic acids is 2. The topological polar surface area (TPSA) is 100 Å². The first-order valence-corrected chi connectivity index (χ1v) is 11.3. The minimum Gasteiger partial charge on any atom is -0.490 e. The first-order valence-electron chi connectivity index (χ1n) is 10.5. The summed E-state index contributed by atoms with van der Waals surface area (Å²) in [5.41, 5.74) is 1.46. The quantitative estimate of drug-likeness (QED) is 0.274. The summed E-state index contributed by atoms with van der Waals surface area (Å²) in [6, 6.07) is 20.4. The van der Waals surface area contributed by atoms with Crippen LogP contribution in [0.25, 0.3) is 6.08 Å². The maximum atomic E-state index is 12.5. The van der Waals surface area contributed by atoms with Crippen LogP contribution in [-0.2, 0) is 9.59 Å². The molecule has 3 rings (SSSR count). The molecule has 2 N–H and O–H groups in total. The Kier molecular flexibility index (Phi) is 9.13. The first kappa shape index (κ1) is 25.6. The van der Waals surface area contributed by atoms with Gasteiger partial charge in [0.05, 0.1) is 11.6 Å². The smallest absolute Gasteiger partial charge is 0.266 e. The normalized spacial score (nSPS) is 10.7. The third-order valence-electron chi connectivity index (χ3n) is 4.52. The van der Waals surface area contributed by atoms with Crippen LogP contribution in [0.3, 0.4) is 0 Å². The number of para-hydroxylation sites is 1. The number of hydrogen-bond acceptors (Lipinski definition) is 5. The first-order chi connectivity index (χ1) is 16.9. The predicted molar refractivity (Wildman–Crippen MR) is 137 cm³/mol. The molecule has 0 saturated carbocycles. The van der Waals surface area contributed by atoms with Crippen molar-refractivity contribution in [3.63, 3.8) is 0 Å². The van der Waals surface area contributed by atoms with Gasteiger partial charge in [0.2, 0.25) is 0 Å². The number of halogens is 2. The molecule has 0 fully saturated rings. The van der Waals surface area contributed by atoms with Crippen LogP contribution in [0.4, 0.5) is 11.4 Å². The van der Waals surface area contributed by atoms with Crippen molar-refractivity contribution in [3.05, 3.63) is 87.9 Å². The summed E-state index contributed by atoms with van der Waals surface area (Å²) in [6.45, 7) is 1.76. The van der Waals surface area contributed by atoms with E-state index in [2.05, 4.69) is 10.6 Å². The summed E-state index contributed by atoms with van der Waals surface area (Å²) in [5, 5.41) is 15.6. The summed E-state index contributed by atoms with van der Waals surface area (Å²) in [6.07, 6.45) is 1.39. The van der Waals surface area contributed by atoms with E-state index in [4.69, 9.17) is 32.7 Å². The Morgan fingerprint density at radius 1 is 0.971 bits per heavy atom. The Labute approximate surface area is 212 Å². The average Bonchev–Trinajstić information content (AvgIpc) is 2.84. The fraction of sp³-hybridized carbons (Fsp3) is 0.115. The molecule has 35 heavy (non-hydrogen) atoms. The van der Waals surface area contributed by atoms with Crippen LogP contribution in [0, 0.1) is 11.3 Å². The van der Waals surface area contributed by atoms with E-state index >= 15 is 0 Å². The van der Waals surface area contributed by atoms with Gasteiger partial charge in [0.15, 0.2) is 18.1 Å².